The Kier molecular flexibility index (Phi) is 2.98. The molecule has 19 heavy (non-hydrogen) atoms. The zero-order chi connectivity index (χ0) is 13.4. The van der Waals surface area contributed by atoms with Gasteiger partial charge in [0.2, 0.25) is 0 Å². The fourth-order valence-electron chi connectivity index (χ4n) is 2.64. The second-order valence-corrected chi connectivity index (χ2v) is 5.17. The van der Waals surface area contributed by atoms with Gasteiger partial charge in [0.1, 0.15) is 5.82 Å². The van der Waals surface area contributed by atoms with E-state index in [1.807, 2.05) is 6.07 Å². The van der Waals surface area contributed by atoms with Gasteiger partial charge < -0.3 is 10.6 Å². The fourth-order valence-corrected chi connectivity index (χ4v) is 2.64. The first-order chi connectivity index (χ1) is 9.19. The van der Waals surface area contributed by atoms with E-state index in [0.717, 1.165) is 25.2 Å². The Morgan fingerprint density at radius 3 is 3.11 bits per heavy atom. The van der Waals surface area contributed by atoms with Gasteiger partial charge in [0.15, 0.2) is 5.65 Å². The zero-order valence-electron chi connectivity index (χ0n) is 10.9. The van der Waals surface area contributed by atoms with Gasteiger partial charge in [-0.25, -0.2) is 9.89 Å². The van der Waals surface area contributed by atoms with Crippen LogP contribution in [0.25, 0.3) is 5.65 Å². The van der Waals surface area contributed by atoms with Gasteiger partial charge in [0, 0.05) is 12.6 Å². The topological polar surface area (TPSA) is 92.3 Å². The van der Waals surface area contributed by atoms with Gasteiger partial charge in [-0.15, -0.1) is 5.10 Å². The molecule has 3 rings (SSSR count). The van der Waals surface area contributed by atoms with Crippen LogP contribution in [0.15, 0.2) is 16.9 Å². The summed E-state index contributed by atoms with van der Waals surface area (Å²) >= 11 is 0. The molecular weight excluding hydrogens is 244 g/mol. The summed E-state index contributed by atoms with van der Waals surface area (Å²) in [4.78, 5) is 13.8. The van der Waals surface area contributed by atoms with Crippen LogP contribution in [-0.4, -0.2) is 38.9 Å². The molecule has 2 aromatic heterocycles. The van der Waals surface area contributed by atoms with Crippen molar-refractivity contribution in [3.8, 4) is 0 Å². The number of H-pyrrole nitrogens is 1. The average Bonchev–Trinajstić information content (AvgIpc) is 2.81. The normalized spacial score (nSPS) is 24.0. The fraction of sp³-hybridized carbons (Fsp3) is 0.583. The SMILES string of the molecule is CC1CCC(CN)CN1c1ccc2n[nH]c(=O)n2n1. The molecule has 0 saturated carbocycles. The van der Waals surface area contributed by atoms with E-state index in [2.05, 4.69) is 27.1 Å². The molecule has 1 fully saturated rings. The molecule has 0 aliphatic carbocycles. The summed E-state index contributed by atoms with van der Waals surface area (Å²) in [6.45, 7) is 3.76. The molecule has 3 heterocycles. The average molecular weight is 262 g/mol. The lowest BCUT2D eigenvalue weighted by Gasteiger charge is -2.38. The lowest BCUT2D eigenvalue weighted by Crippen LogP contribution is -2.44. The largest absolute Gasteiger partial charge is 0.364 e. The number of hydrogen-bond acceptors (Lipinski definition) is 5. The predicted molar refractivity (Wildman–Crippen MR) is 72.2 cm³/mol. The van der Waals surface area contributed by atoms with Crippen molar-refractivity contribution in [1.82, 2.24) is 19.8 Å². The van der Waals surface area contributed by atoms with Crippen LogP contribution in [0.2, 0.25) is 0 Å². The van der Waals surface area contributed by atoms with Gasteiger partial charge in [-0.05, 0) is 44.4 Å². The van der Waals surface area contributed by atoms with Crippen molar-refractivity contribution in [1.29, 1.82) is 0 Å². The molecular formula is C12H18N6O. The standard InChI is InChI=1S/C12H18N6O/c1-8-2-3-9(6-13)7-17(8)11-5-4-10-14-15-12(19)18(10)16-11/h4-5,8-9H,2-3,6-7,13H2,1H3,(H,15,19). The number of nitrogens with two attached hydrogens (primary N) is 1. The smallest absolute Gasteiger partial charge is 0.352 e. The van der Waals surface area contributed by atoms with Gasteiger partial charge >= 0.3 is 5.69 Å². The molecule has 0 bridgehead atoms. The Balaban J connectivity index is 1.97. The van der Waals surface area contributed by atoms with E-state index >= 15 is 0 Å². The van der Waals surface area contributed by atoms with Crippen LogP contribution < -0.4 is 16.3 Å². The highest BCUT2D eigenvalue weighted by Gasteiger charge is 2.26. The summed E-state index contributed by atoms with van der Waals surface area (Å²) < 4.78 is 1.30. The van der Waals surface area contributed by atoms with Crippen LogP contribution >= 0.6 is 0 Å². The van der Waals surface area contributed by atoms with Crippen molar-refractivity contribution in [2.45, 2.75) is 25.8 Å². The van der Waals surface area contributed by atoms with Gasteiger partial charge in [0.05, 0.1) is 0 Å². The van der Waals surface area contributed by atoms with Crippen molar-refractivity contribution in [3.63, 3.8) is 0 Å². The second-order valence-electron chi connectivity index (χ2n) is 5.17. The summed E-state index contributed by atoms with van der Waals surface area (Å²) in [5.41, 5.74) is 6.00. The van der Waals surface area contributed by atoms with Crippen LogP contribution in [0, 0.1) is 5.92 Å². The summed E-state index contributed by atoms with van der Waals surface area (Å²) in [5, 5.41) is 10.6. The maximum Gasteiger partial charge on any atom is 0.364 e. The van der Waals surface area contributed by atoms with Crippen molar-refractivity contribution in [2.75, 3.05) is 18.0 Å². The first-order valence-corrected chi connectivity index (χ1v) is 6.60. The molecule has 2 aromatic rings. The van der Waals surface area contributed by atoms with Gasteiger partial charge in [0.25, 0.3) is 0 Å². The van der Waals surface area contributed by atoms with Gasteiger partial charge in [-0.1, -0.05) is 0 Å². The molecule has 0 amide bonds. The molecule has 7 nitrogen and oxygen atoms in total. The van der Waals surface area contributed by atoms with Crippen LogP contribution in [0.1, 0.15) is 19.8 Å². The Labute approximate surface area is 110 Å². The van der Waals surface area contributed by atoms with Gasteiger partial charge in [-0.2, -0.15) is 9.61 Å². The van der Waals surface area contributed by atoms with Crippen LogP contribution in [0.3, 0.4) is 0 Å². The molecule has 2 atom stereocenters. The Hall–Kier alpha value is -1.89. The number of hydrogen-bond donors (Lipinski definition) is 2. The van der Waals surface area contributed by atoms with Crippen molar-refractivity contribution < 1.29 is 0 Å². The number of piperidine rings is 1. The van der Waals surface area contributed by atoms with Gasteiger partial charge in [-0.3, -0.25) is 0 Å². The third-order valence-electron chi connectivity index (χ3n) is 3.87. The highest BCUT2D eigenvalue weighted by molar-refractivity contribution is 5.46. The first kappa shape index (κ1) is 12.2. The van der Waals surface area contributed by atoms with E-state index in [9.17, 15) is 4.79 Å². The van der Waals surface area contributed by atoms with E-state index < -0.39 is 0 Å². The maximum atomic E-state index is 11.6. The number of fused-ring (bicyclic) bond motifs is 1. The summed E-state index contributed by atoms with van der Waals surface area (Å²) in [6, 6.07) is 4.12. The van der Waals surface area contributed by atoms with E-state index in [-0.39, 0.29) is 5.69 Å². The van der Waals surface area contributed by atoms with E-state index in [1.54, 1.807) is 6.07 Å². The minimum atomic E-state index is -0.308. The first-order valence-electron chi connectivity index (χ1n) is 6.60. The molecule has 0 aromatic carbocycles. The van der Waals surface area contributed by atoms with E-state index in [1.165, 1.54) is 4.52 Å². The zero-order valence-corrected chi connectivity index (χ0v) is 10.9. The van der Waals surface area contributed by atoms with Crippen molar-refractivity contribution in [2.24, 2.45) is 11.7 Å². The van der Waals surface area contributed by atoms with Crippen LogP contribution in [-0.2, 0) is 0 Å². The molecule has 0 radical (unpaired) electrons. The quantitative estimate of drug-likeness (QED) is 0.793. The predicted octanol–water partition coefficient (Wildman–Crippen LogP) is -0.0188. The third-order valence-corrected chi connectivity index (χ3v) is 3.87. The molecule has 2 unspecified atom stereocenters. The summed E-state index contributed by atoms with van der Waals surface area (Å²) in [7, 11) is 0. The number of anilines is 1. The molecule has 3 N–H and O–H groups in total. The van der Waals surface area contributed by atoms with E-state index in [4.69, 9.17) is 5.73 Å². The Morgan fingerprint density at radius 1 is 1.47 bits per heavy atom. The lowest BCUT2D eigenvalue weighted by molar-refractivity contribution is 0.371. The number of aromatic nitrogens is 4. The highest BCUT2D eigenvalue weighted by Crippen LogP contribution is 2.25. The number of rotatable bonds is 2. The molecule has 0 spiro atoms. The number of nitrogens with one attached hydrogen (secondary N) is 1. The summed E-state index contributed by atoms with van der Waals surface area (Å²) in [6.07, 6.45) is 2.25. The van der Waals surface area contributed by atoms with Crippen molar-refractivity contribution >= 4 is 11.5 Å². The molecule has 102 valence electrons. The second kappa shape index (κ2) is 4.65. The molecule has 1 aliphatic rings. The minimum Gasteiger partial charge on any atom is -0.352 e. The maximum absolute atomic E-state index is 11.6. The monoisotopic (exact) mass is 262 g/mol. The molecule has 1 saturated heterocycles. The molecule has 1 aliphatic heterocycles. The minimum absolute atomic E-state index is 0.308. The number of aromatic amines is 1. The lowest BCUT2D eigenvalue weighted by atomic mass is 9.93. The third kappa shape index (κ3) is 2.10. The number of nitrogens with zero attached hydrogens (tertiary/aromatic N) is 4. The Morgan fingerprint density at radius 2 is 2.32 bits per heavy atom. The van der Waals surface area contributed by atoms with Crippen LogP contribution in [0.4, 0.5) is 5.82 Å². The summed E-state index contributed by atoms with van der Waals surface area (Å²) in [5.74, 6) is 1.30. The highest BCUT2D eigenvalue weighted by atomic mass is 16.2. The Bertz CT molecular complexity index is 632. The van der Waals surface area contributed by atoms with E-state index in [0.29, 0.717) is 24.2 Å². The van der Waals surface area contributed by atoms with Crippen LogP contribution in [0.5, 0.6) is 0 Å². The van der Waals surface area contributed by atoms with Crippen molar-refractivity contribution in [3.05, 3.63) is 22.6 Å². The molecule has 7 heteroatoms.